The molecule has 0 saturated carbocycles. The van der Waals surface area contributed by atoms with Crippen LogP contribution in [0.15, 0.2) is 52.0 Å². The van der Waals surface area contributed by atoms with Crippen LogP contribution in [-0.4, -0.2) is 18.1 Å². The fourth-order valence-corrected chi connectivity index (χ4v) is 2.57. The second-order valence-corrected chi connectivity index (χ2v) is 6.31. The lowest BCUT2D eigenvalue weighted by Crippen LogP contribution is -2.20. The topological polar surface area (TPSA) is 67.8 Å². The van der Waals surface area contributed by atoms with Crippen LogP contribution in [0.25, 0.3) is 0 Å². The van der Waals surface area contributed by atoms with Crippen LogP contribution >= 0.6 is 15.9 Å². The van der Waals surface area contributed by atoms with Crippen molar-refractivity contribution in [3.63, 3.8) is 0 Å². The maximum atomic E-state index is 12.7. The number of hydrazone groups is 1. The molecule has 142 valence electrons. The molecule has 0 saturated heterocycles. The van der Waals surface area contributed by atoms with Gasteiger partial charge in [0.15, 0.2) is 0 Å². The van der Waals surface area contributed by atoms with E-state index in [4.69, 9.17) is 4.74 Å². The van der Waals surface area contributed by atoms with E-state index in [9.17, 15) is 22.8 Å². The van der Waals surface area contributed by atoms with Gasteiger partial charge in [0.25, 0.3) is 0 Å². The number of halogens is 4. The lowest BCUT2D eigenvalue weighted by molar-refractivity contribution is -0.137. The smallest absolute Gasteiger partial charge is 0.416 e. The SMILES string of the molecule is CC(=O)Oc1ccc(/C=N\NC(=O)Cc2cccc(C(F)(F)F)c2)cc1Br. The van der Waals surface area contributed by atoms with E-state index in [0.29, 0.717) is 15.8 Å². The summed E-state index contributed by atoms with van der Waals surface area (Å²) < 4.78 is 43.5. The average Bonchev–Trinajstić information content (AvgIpc) is 2.56. The molecule has 0 spiro atoms. The highest BCUT2D eigenvalue weighted by atomic mass is 79.9. The number of benzene rings is 2. The van der Waals surface area contributed by atoms with Crippen LogP contribution in [-0.2, 0) is 22.2 Å². The van der Waals surface area contributed by atoms with E-state index in [1.165, 1.54) is 25.3 Å². The number of rotatable bonds is 5. The summed E-state index contributed by atoms with van der Waals surface area (Å²) in [7, 11) is 0. The number of alkyl halides is 3. The van der Waals surface area contributed by atoms with Gasteiger partial charge in [0, 0.05) is 6.92 Å². The molecule has 0 unspecified atom stereocenters. The van der Waals surface area contributed by atoms with E-state index in [1.807, 2.05) is 0 Å². The summed E-state index contributed by atoms with van der Waals surface area (Å²) in [5.41, 5.74) is 2.28. The summed E-state index contributed by atoms with van der Waals surface area (Å²) in [5, 5.41) is 3.77. The van der Waals surface area contributed by atoms with Gasteiger partial charge in [0.1, 0.15) is 5.75 Å². The first kappa shape index (κ1) is 20.6. The second-order valence-electron chi connectivity index (χ2n) is 5.45. The molecule has 0 aliphatic heterocycles. The second kappa shape index (κ2) is 8.81. The van der Waals surface area contributed by atoms with Gasteiger partial charge in [-0.1, -0.05) is 18.2 Å². The Balaban J connectivity index is 1.95. The van der Waals surface area contributed by atoms with Crippen LogP contribution in [0.1, 0.15) is 23.6 Å². The third-order valence-corrected chi connectivity index (χ3v) is 3.85. The Labute approximate surface area is 161 Å². The van der Waals surface area contributed by atoms with Crippen LogP contribution in [0.3, 0.4) is 0 Å². The van der Waals surface area contributed by atoms with E-state index in [0.717, 1.165) is 12.1 Å². The number of esters is 1. The van der Waals surface area contributed by atoms with Crippen LogP contribution in [0.4, 0.5) is 13.2 Å². The van der Waals surface area contributed by atoms with Crippen molar-refractivity contribution in [2.45, 2.75) is 19.5 Å². The number of hydrogen-bond acceptors (Lipinski definition) is 4. The predicted molar refractivity (Wildman–Crippen MR) is 96.3 cm³/mol. The highest BCUT2D eigenvalue weighted by Gasteiger charge is 2.30. The van der Waals surface area contributed by atoms with Crippen LogP contribution in [0.5, 0.6) is 5.75 Å². The summed E-state index contributed by atoms with van der Waals surface area (Å²) in [6.07, 6.45) is -3.35. The molecule has 5 nitrogen and oxygen atoms in total. The molecule has 1 N–H and O–H groups in total. The van der Waals surface area contributed by atoms with E-state index >= 15 is 0 Å². The van der Waals surface area contributed by atoms with Gasteiger partial charge in [-0.2, -0.15) is 18.3 Å². The van der Waals surface area contributed by atoms with Crippen molar-refractivity contribution in [3.05, 3.63) is 63.6 Å². The van der Waals surface area contributed by atoms with Crippen molar-refractivity contribution in [2.75, 3.05) is 0 Å². The molecule has 2 rings (SSSR count). The molecule has 2 aromatic rings. The summed E-state index contributed by atoms with van der Waals surface area (Å²) >= 11 is 3.25. The first-order valence-electron chi connectivity index (χ1n) is 7.61. The molecule has 0 radical (unpaired) electrons. The highest BCUT2D eigenvalue weighted by Crippen LogP contribution is 2.29. The van der Waals surface area contributed by atoms with Crippen LogP contribution in [0.2, 0.25) is 0 Å². The number of nitrogens with one attached hydrogen (secondary N) is 1. The lowest BCUT2D eigenvalue weighted by Gasteiger charge is -2.08. The summed E-state index contributed by atoms with van der Waals surface area (Å²) in [5.74, 6) is -0.673. The standard InChI is InChI=1S/C18H14BrF3N2O3/c1-11(25)27-16-6-5-13(8-15(16)19)10-23-24-17(26)9-12-3-2-4-14(7-12)18(20,21)22/h2-8,10H,9H2,1H3,(H,24,26)/b23-10-. The van der Waals surface area contributed by atoms with Crippen LogP contribution < -0.4 is 10.2 Å². The van der Waals surface area contributed by atoms with Gasteiger partial charge in [0.05, 0.1) is 22.7 Å². The maximum Gasteiger partial charge on any atom is 0.416 e. The van der Waals surface area contributed by atoms with E-state index in [2.05, 4.69) is 26.5 Å². The summed E-state index contributed by atoms with van der Waals surface area (Å²) in [4.78, 5) is 22.8. The van der Waals surface area contributed by atoms with Gasteiger partial charge in [-0.05, 0) is 51.3 Å². The van der Waals surface area contributed by atoms with Gasteiger partial charge in [-0.15, -0.1) is 0 Å². The third-order valence-electron chi connectivity index (χ3n) is 3.23. The summed E-state index contributed by atoms with van der Waals surface area (Å²) in [6.45, 7) is 1.28. The third kappa shape index (κ3) is 6.52. The molecule has 0 aromatic heterocycles. The monoisotopic (exact) mass is 442 g/mol. The Morgan fingerprint density at radius 1 is 1.22 bits per heavy atom. The van der Waals surface area contributed by atoms with Gasteiger partial charge in [-0.25, -0.2) is 5.43 Å². The Kier molecular flexibility index (Phi) is 6.73. The molecular formula is C18H14BrF3N2O3. The largest absolute Gasteiger partial charge is 0.426 e. The average molecular weight is 443 g/mol. The number of ether oxygens (including phenoxy) is 1. The number of amides is 1. The van der Waals surface area contributed by atoms with Gasteiger partial charge in [-0.3, -0.25) is 9.59 Å². The zero-order chi connectivity index (χ0) is 20.0. The number of carbonyl (C=O) groups is 2. The molecule has 1 amide bonds. The van der Waals surface area contributed by atoms with E-state index in [1.54, 1.807) is 18.2 Å². The number of nitrogens with zero attached hydrogens (tertiary/aromatic N) is 1. The number of carbonyl (C=O) groups excluding carboxylic acids is 2. The minimum atomic E-state index is -4.46. The predicted octanol–water partition coefficient (Wildman–Crippen LogP) is 4.09. The quantitative estimate of drug-likeness (QED) is 0.328. The molecule has 0 fully saturated rings. The van der Waals surface area contributed by atoms with E-state index < -0.39 is 23.6 Å². The van der Waals surface area contributed by atoms with Crippen molar-refractivity contribution >= 4 is 34.0 Å². The van der Waals surface area contributed by atoms with Crippen molar-refractivity contribution in [1.29, 1.82) is 0 Å². The molecule has 0 aliphatic rings. The molecular weight excluding hydrogens is 429 g/mol. The van der Waals surface area contributed by atoms with Crippen molar-refractivity contribution in [1.82, 2.24) is 5.43 Å². The summed E-state index contributed by atoms with van der Waals surface area (Å²) in [6, 6.07) is 9.34. The van der Waals surface area contributed by atoms with Gasteiger partial charge in [0.2, 0.25) is 5.91 Å². The lowest BCUT2D eigenvalue weighted by atomic mass is 10.1. The molecule has 0 bridgehead atoms. The van der Waals surface area contributed by atoms with Gasteiger partial charge < -0.3 is 4.74 Å². The Morgan fingerprint density at radius 2 is 1.96 bits per heavy atom. The van der Waals surface area contributed by atoms with Crippen molar-refractivity contribution in [2.24, 2.45) is 5.10 Å². The fraction of sp³-hybridized carbons (Fsp3) is 0.167. The molecule has 27 heavy (non-hydrogen) atoms. The Bertz CT molecular complexity index is 882. The molecule has 2 aromatic carbocycles. The van der Waals surface area contributed by atoms with Gasteiger partial charge >= 0.3 is 12.1 Å². The molecule has 0 heterocycles. The minimum Gasteiger partial charge on any atom is -0.426 e. The zero-order valence-corrected chi connectivity index (χ0v) is 15.6. The van der Waals surface area contributed by atoms with Crippen molar-refractivity contribution < 1.29 is 27.5 Å². The zero-order valence-electron chi connectivity index (χ0n) is 14.0. The highest BCUT2D eigenvalue weighted by molar-refractivity contribution is 9.10. The van der Waals surface area contributed by atoms with Crippen molar-refractivity contribution in [3.8, 4) is 5.75 Å². The van der Waals surface area contributed by atoms with E-state index in [-0.39, 0.29) is 12.0 Å². The van der Waals surface area contributed by atoms with Crippen LogP contribution in [0, 0.1) is 0 Å². The first-order valence-corrected chi connectivity index (χ1v) is 8.40. The fourth-order valence-electron chi connectivity index (χ4n) is 2.10. The number of hydrogen-bond donors (Lipinski definition) is 1. The first-order chi connectivity index (χ1) is 12.6. The molecule has 0 atom stereocenters. The minimum absolute atomic E-state index is 0.228. The normalized spacial score (nSPS) is 11.4. The Hall–Kier alpha value is -2.68. The molecule has 0 aliphatic carbocycles. The maximum absolute atomic E-state index is 12.7. The Morgan fingerprint density at radius 3 is 2.59 bits per heavy atom. The molecule has 9 heteroatoms.